The molecule has 2 unspecified atom stereocenters. The second-order valence-electron chi connectivity index (χ2n) is 6.16. The van der Waals surface area contributed by atoms with Gasteiger partial charge >= 0.3 is 5.56 Å². The molecule has 2 rings (SSSR count). The molecular formula is C14H23N3O2. The second kappa shape index (κ2) is 5.33. The van der Waals surface area contributed by atoms with Crippen molar-refractivity contribution in [1.82, 2.24) is 9.55 Å². The van der Waals surface area contributed by atoms with E-state index in [1.807, 2.05) is 20.8 Å². The molecule has 1 heterocycles. The van der Waals surface area contributed by atoms with E-state index in [4.69, 9.17) is 10.5 Å². The van der Waals surface area contributed by atoms with Crippen LogP contribution in [-0.4, -0.2) is 22.2 Å². The predicted octanol–water partition coefficient (Wildman–Crippen LogP) is 1.50. The summed E-state index contributed by atoms with van der Waals surface area (Å²) >= 11 is 0. The van der Waals surface area contributed by atoms with Crippen LogP contribution in [0.2, 0.25) is 0 Å². The Morgan fingerprint density at radius 3 is 2.84 bits per heavy atom. The molecular weight excluding hydrogens is 242 g/mol. The molecule has 5 heteroatoms. The fraction of sp³-hybridized carbons (Fsp3) is 0.714. The van der Waals surface area contributed by atoms with E-state index in [2.05, 4.69) is 4.98 Å². The first-order valence-corrected chi connectivity index (χ1v) is 6.88. The average molecular weight is 265 g/mol. The SMILES string of the molecule is CC(C)(C)n1ccnc(OC2CCCC2CN)c1=O. The smallest absolute Gasteiger partial charge is 0.313 e. The molecule has 1 aliphatic carbocycles. The van der Waals surface area contributed by atoms with Crippen molar-refractivity contribution in [1.29, 1.82) is 0 Å². The van der Waals surface area contributed by atoms with Crippen molar-refractivity contribution in [3.63, 3.8) is 0 Å². The van der Waals surface area contributed by atoms with Gasteiger partial charge in [-0.15, -0.1) is 0 Å². The lowest BCUT2D eigenvalue weighted by Gasteiger charge is -2.24. The third kappa shape index (κ3) is 2.97. The molecule has 2 N–H and O–H groups in total. The number of hydrogen-bond donors (Lipinski definition) is 1. The number of hydrogen-bond acceptors (Lipinski definition) is 4. The molecule has 1 aromatic heterocycles. The number of nitrogens with zero attached hydrogens (tertiary/aromatic N) is 2. The molecule has 0 spiro atoms. The Kier molecular flexibility index (Phi) is 3.94. The van der Waals surface area contributed by atoms with Crippen molar-refractivity contribution in [2.24, 2.45) is 11.7 Å². The van der Waals surface area contributed by atoms with Gasteiger partial charge in [0, 0.05) is 23.9 Å². The third-order valence-corrected chi connectivity index (χ3v) is 3.69. The Hall–Kier alpha value is -1.36. The van der Waals surface area contributed by atoms with Crippen LogP contribution in [0.15, 0.2) is 17.2 Å². The van der Waals surface area contributed by atoms with Crippen LogP contribution < -0.4 is 16.0 Å². The number of rotatable bonds is 3. The Bertz CT molecular complexity index is 490. The highest BCUT2D eigenvalue weighted by Crippen LogP contribution is 2.27. The largest absolute Gasteiger partial charge is 0.470 e. The molecule has 1 fully saturated rings. The number of ether oxygens (including phenoxy) is 1. The van der Waals surface area contributed by atoms with E-state index >= 15 is 0 Å². The van der Waals surface area contributed by atoms with Crippen molar-refractivity contribution in [3.8, 4) is 5.88 Å². The van der Waals surface area contributed by atoms with E-state index in [0.29, 0.717) is 12.5 Å². The summed E-state index contributed by atoms with van der Waals surface area (Å²) in [4.78, 5) is 16.4. The molecule has 106 valence electrons. The van der Waals surface area contributed by atoms with E-state index in [9.17, 15) is 4.79 Å². The standard InChI is InChI=1S/C14H23N3O2/c1-14(2,3)17-8-7-16-12(13(17)18)19-11-6-4-5-10(11)9-15/h7-8,10-11H,4-6,9,15H2,1-3H3. The lowest BCUT2D eigenvalue weighted by Crippen LogP contribution is -2.36. The van der Waals surface area contributed by atoms with Crippen LogP contribution in [0.25, 0.3) is 0 Å². The molecule has 19 heavy (non-hydrogen) atoms. The van der Waals surface area contributed by atoms with Gasteiger partial charge in [0.1, 0.15) is 6.10 Å². The summed E-state index contributed by atoms with van der Waals surface area (Å²) < 4.78 is 7.48. The zero-order chi connectivity index (χ0) is 14.0. The fourth-order valence-corrected chi connectivity index (χ4v) is 2.57. The second-order valence-corrected chi connectivity index (χ2v) is 6.16. The lowest BCUT2D eigenvalue weighted by atomic mass is 10.1. The summed E-state index contributed by atoms with van der Waals surface area (Å²) in [5, 5.41) is 0. The molecule has 2 atom stereocenters. The average Bonchev–Trinajstić information content (AvgIpc) is 2.77. The van der Waals surface area contributed by atoms with Crippen LogP contribution in [-0.2, 0) is 5.54 Å². The summed E-state index contributed by atoms with van der Waals surface area (Å²) in [5.41, 5.74) is 5.29. The topological polar surface area (TPSA) is 70.1 Å². The van der Waals surface area contributed by atoms with Crippen molar-refractivity contribution < 1.29 is 4.74 Å². The maximum Gasteiger partial charge on any atom is 0.313 e. The van der Waals surface area contributed by atoms with Crippen LogP contribution in [0.3, 0.4) is 0 Å². The molecule has 0 amide bonds. The molecule has 1 aromatic rings. The Labute approximate surface area is 113 Å². The maximum atomic E-state index is 12.3. The van der Waals surface area contributed by atoms with Gasteiger partial charge in [0.25, 0.3) is 5.88 Å². The van der Waals surface area contributed by atoms with Crippen molar-refractivity contribution >= 4 is 0 Å². The lowest BCUT2D eigenvalue weighted by molar-refractivity contribution is 0.150. The number of aromatic nitrogens is 2. The quantitative estimate of drug-likeness (QED) is 0.899. The van der Waals surface area contributed by atoms with Gasteiger partial charge in [0.05, 0.1) is 0 Å². The Morgan fingerprint density at radius 2 is 2.21 bits per heavy atom. The molecule has 1 aliphatic rings. The van der Waals surface area contributed by atoms with E-state index in [0.717, 1.165) is 19.3 Å². The van der Waals surface area contributed by atoms with E-state index < -0.39 is 0 Å². The zero-order valence-corrected chi connectivity index (χ0v) is 11.9. The van der Waals surface area contributed by atoms with Crippen molar-refractivity contribution in [2.45, 2.75) is 51.7 Å². The maximum absolute atomic E-state index is 12.3. The van der Waals surface area contributed by atoms with Gasteiger partial charge in [-0.2, -0.15) is 0 Å². The van der Waals surface area contributed by atoms with Crippen molar-refractivity contribution in [2.75, 3.05) is 6.54 Å². The van der Waals surface area contributed by atoms with Crippen LogP contribution >= 0.6 is 0 Å². The molecule has 0 radical (unpaired) electrons. The van der Waals surface area contributed by atoms with Crippen molar-refractivity contribution in [3.05, 3.63) is 22.7 Å². The fourth-order valence-electron chi connectivity index (χ4n) is 2.57. The minimum absolute atomic E-state index is 0.0287. The zero-order valence-electron chi connectivity index (χ0n) is 11.9. The molecule has 5 nitrogen and oxygen atoms in total. The Morgan fingerprint density at radius 1 is 1.47 bits per heavy atom. The predicted molar refractivity (Wildman–Crippen MR) is 74.3 cm³/mol. The van der Waals surface area contributed by atoms with Crippen LogP contribution in [0.1, 0.15) is 40.0 Å². The summed E-state index contributed by atoms with van der Waals surface area (Å²) in [5.74, 6) is 0.535. The summed E-state index contributed by atoms with van der Waals surface area (Å²) in [6, 6.07) is 0. The van der Waals surface area contributed by atoms with Gasteiger partial charge in [-0.3, -0.25) is 4.79 Å². The first-order valence-electron chi connectivity index (χ1n) is 6.88. The van der Waals surface area contributed by atoms with Gasteiger partial charge < -0.3 is 15.0 Å². The first kappa shape index (κ1) is 14.1. The first-order chi connectivity index (χ1) is 8.93. The van der Waals surface area contributed by atoms with Crippen LogP contribution in [0.5, 0.6) is 5.88 Å². The van der Waals surface area contributed by atoms with Gasteiger partial charge in [0.15, 0.2) is 0 Å². The highest BCUT2D eigenvalue weighted by atomic mass is 16.5. The normalized spacial score (nSPS) is 23.6. The Balaban J connectivity index is 2.24. The van der Waals surface area contributed by atoms with Crippen LogP contribution in [0, 0.1) is 5.92 Å². The minimum atomic E-state index is -0.277. The van der Waals surface area contributed by atoms with E-state index in [1.54, 1.807) is 17.0 Å². The molecule has 0 saturated heterocycles. The monoisotopic (exact) mass is 265 g/mol. The van der Waals surface area contributed by atoms with Gasteiger partial charge in [-0.1, -0.05) is 0 Å². The van der Waals surface area contributed by atoms with Crippen LogP contribution in [0.4, 0.5) is 0 Å². The summed E-state index contributed by atoms with van der Waals surface area (Å²) in [7, 11) is 0. The van der Waals surface area contributed by atoms with Gasteiger partial charge in [-0.05, 0) is 46.6 Å². The minimum Gasteiger partial charge on any atom is -0.470 e. The summed E-state index contributed by atoms with van der Waals surface area (Å²) in [6.07, 6.45) is 6.47. The summed E-state index contributed by atoms with van der Waals surface area (Å²) in [6.45, 7) is 6.55. The molecule has 0 aliphatic heterocycles. The highest BCUT2D eigenvalue weighted by molar-refractivity contribution is 5.07. The third-order valence-electron chi connectivity index (χ3n) is 3.69. The number of nitrogens with two attached hydrogens (primary N) is 1. The molecule has 1 saturated carbocycles. The van der Waals surface area contributed by atoms with Gasteiger partial charge in [0.2, 0.25) is 0 Å². The van der Waals surface area contributed by atoms with E-state index in [1.165, 1.54) is 0 Å². The highest BCUT2D eigenvalue weighted by Gasteiger charge is 2.29. The molecule has 0 bridgehead atoms. The molecule has 0 aromatic carbocycles. The van der Waals surface area contributed by atoms with E-state index in [-0.39, 0.29) is 23.1 Å². The van der Waals surface area contributed by atoms with Gasteiger partial charge in [-0.25, -0.2) is 4.98 Å².